The Morgan fingerprint density at radius 1 is 0.630 bits per heavy atom. The first-order valence-corrected chi connectivity index (χ1v) is 6.14. The zero-order valence-corrected chi connectivity index (χ0v) is 16.6. The molecular weight excluding hydrogens is 422 g/mol. The largest absolute Gasteiger partial charge is 2.00 e. The third-order valence-corrected chi connectivity index (χ3v) is 2.63. The number of hydrogen-bond acceptors (Lipinski definition) is 8. The molecule has 0 bridgehead atoms. The van der Waals surface area contributed by atoms with E-state index in [-0.39, 0.29) is 52.9 Å². The van der Waals surface area contributed by atoms with E-state index in [1.165, 1.54) is 0 Å². The number of benzene rings is 2. The Hall–Kier alpha value is -3.28. The summed E-state index contributed by atoms with van der Waals surface area (Å²) < 4.78 is 0. The minimum absolute atomic E-state index is 0. The number of rotatable bonds is 4. The average Bonchev–Trinajstić information content (AvgIpc) is 2.55. The third kappa shape index (κ3) is 9.11. The summed E-state index contributed by atoms with van der Waals surface area (Å²) in [5, 5.41) is 40.7. The molecule has 0 saturated carbocycles. The topological polar surface area (TPSA) is 233 Å². The maximum Gasteiger partial charge on any atom is 2.00 e. The Labute approximate surface area is 163 Å². The predicted octanol–water partition coefficient (Wildman–Crippen LogP) is -1.93. The molecule has 0 aromatic heterocycles. The van der Waals surface area contributed by atoms with Crippen molar-refractivity contribution in [2.24, 2.45) is 0 Å². The van der Waals surface area contributed by atoms with Crippen LogP contribution in [0.1, 0.15) is 20.7 Å². The van der Waals surface area contributed by atoms with Gasteiger partial charge < -0.3 is 30.8 Å². The molecule has 140 valence electrons. The van der Waals surface area contributed by atoms with Crippen molar-refractivity contribution in [2.45, 2.75) is 0 Å². The van der Waals surface area contributed by atoms with E-state index in [0.717, 1.165) is 48.5 Å². The summed E-state index contributed by atoms with van der Waals surface area (Å²) in [6.45, 7) is 0. The van der Waals surface area contributed by atoms with Crippen LogP contribution in [0.4, 0.5) is 11.4 Å². The van der Waals surface area contributed by atoms with Crippen molar-refractivity contribution in [3.05, 3.63) is 79.9 Å². The molecule has 0 aliphatic heterocycles. The van der Waals surface area contributed by atoms with Gasteiger partial charge in [0.1, 0.15) is 0 Å². The molecule has 0 heterocycles. The van der Waals surface area contributed by atoms with Gasteiger partial charge in [0, 0.05) is 24.3 Å². The summed E-state index contributed by atoms with van der Waals surface area (Å²) in [5.41, 5.74) is -0.416. The third-order valence-electron chi connectivity index (χ3n) is 2.63. The number of aromatic carboxylic acids is 2. The number of nitro groups is 2. The van der Waals surface area contributed by atoms with Gasteiger partial charge in [0.05, 0.1) is 21.8 Å². The Balaban J connectivity index is -0.000000384. The maximum absolute atomic E-state index is 10.2. The van der Waals surface area contributed by atoms with Crippen LogP contribution >= 0.6 is 0 Å². The number of hydrogen-bond donors (Lipinski definition) is 0. The van der Waals surface area contributed by atoms with Crippen LogP contribution in [-0.2, 0) is 30.4 Å². The molecule has 0 radical (unpaired) electrons. The van der Waals surface area contributed by atoms with Gasteiger partial charge in [-0.15, -0.1) is 0 Å². The summed E-state index contributed by atoms with van der Waals surface area (Å²) in [6, 6.07) is 8.99. The molecule has 13 heteroatoms. The van der Waals surface area contributed by atoms with Crippen molar-refractivity contribution in [1.29, 1.82) is 0 Å². The van der Waals surface area contributed by atoms with Gasteiger partial charge >= 0.3 is 19.5 Å². The fourth-order valence-corrected chi connectivity index (χ4v) is 1.44. The van der Waals surface area contributed by atoms with Crippen molar-refractivity contribution >= 4 is 23.3 Å². The van der Waals surface area contributed by atoms with Crippen LogP contribution < -0.4 is 10.2 Å². The van der Waals surface area contributed by atoms with E-state index in [1.54, 1.807) is 0 Å². The number of carbonyl (C=O) groups is 2. The zero-order chi connectivity index (χ0) is 18.3. The van der Waals surface area contributed by atoms with E-state index >= 15 is 0 Å². The van der Waals surface area contributed by atoms with E-state index in [4.69, 9.17) is 0 Å². The molecule has 27 heavy (non-hydrogen) atoms. The molecule has 0 saturated heterocycles. The fraction of sp³-hybridized carbons (Fsp3) is 0. The zero-order valence-electron chi connectivity index (χ0n) is 13.6. The van der Waals surface area contributed by atoms with Gasteiger partial charge in [-0.05, 0) is 35.4 Å². The van der Waals surface area contributed by atoms with Crippen molar-refractivity contribution in [2.75, 3.05) is 0 Å². The van der Waals surface area contributed by atoms with E-state index in [1.807, 2.05) is 0 Å². The van der Waals surface area contributed by atoms with Crippen LogP contribution in [0.25, 0.3) is 0 Å². The van der Waals surface area contributed by atoms with E-state index < -0.39 is 21.8 Å². The maximum atomic E-state index is 10.2. The standard InChI is InChI=1S/2C7H5NO4.2H2O.Zn/c2*9-7(10)5-1-3-6(4-2-5)8(11)12;;;/h2*1-4H,(H,9,10);2*1H2;/q;;;;+2. The van der Waals surface area contributed by atoms with Crippen molar-refractivity contribution in [3.8, 4) is 0 Å². The molecule has 12 nitrogen and oxygen atoms in total. The second-order valence-corrected chi connectivity index (χ2v) is 4.18. The first kappa shape index (κ1) is 28.5. The molecule has 0 spiro atoms. The van der Waals surface area contributed by atoms with Crippen molar-refractivity contribution in [3.63, 3.8) is 0 Å². The number of carboxylic acids is 2. The first-order chi connectivity index (χ1) is 11.2. The molecule has 6 N–H and O–H groups in total. The van der Waals surface area contributed by atoms with E-state index in [9.17, 15) is 40.0 Å². The Bertz CT molecular complexity index is 644. The molecule has 0 aliphatic carbocycles. The molecule has 2 rings (SSSR count). The molecule has 2 aromatic carbocycles. The Kier molecular flexibility index (Phi) is 13.7. The molecule has 0 atom stereocenters. The van der Waals surface area contributed by atoms with Gasteiger partial charge in [0.25, 0.3) is 11.4 Å². The van der Waals surface area contributed by atoms with Crippen molar-refractivity contribution in [1.82, 2.24) is 0 Å². The molecule has 0 amide bonds. The summed E-state index contributed by atoms with van der Waals surface area (Å²) in [4.78, 5) is 39.5. The van der Waals surface area contributed by atoms with Gasteiger partial charge in [0.15, 0.2) is 0 Å². The normalized spacial score (nSPS) is 8.30. The van der Waals surface area contributed by atoms with Crippen LogP contribution in [0.2, 0.25) is 0 Å². The van der Waals surface area contributed by atoms with Crippen LogP contribution in [-0.4, -0.2) is 21.8 Å². The van der Waals surface area contributed by atoms with E-state index in [2.05, 4.69) is 0 Å². The monoisotopic (exact) mass is 434 g/mol. The predicted molar refractivity (Wildman–Crippen MR) is 84.6 cm³/mol. The quantitative estimate of drug-likeness (QED) is 0.226. The number of carboxylic acid groups (broad SMARTS) is 2. The first-order valence-electron chi connectivity index (χ1n) is 6.14. The Morgan fingerprint density at radius 3 is 1.00 bits per heavy atom. The molecule has 0 fully saturated rings. The Morgan fingerprint density at radius 2 is 0.852 bits per heavy atom. The summed E-state index contributed by atoms with van der Waals surface area (Å²) in [7, 11) is 0. The van der Waals surface area contributed by atoms with Gasteiger partial charge in [0.2, 0.25) is 0 Å². The number of nitrogens with zero attached hydrogens (tertiary/aromatic N) is 2. The molecule has 0 aliphatic rings. The van der Waals surface area contributed by atoms with Crippen LogP contribution in [0.15, 0.2) is 48.5 Å². The molecule has 0 unspecified atom stereocenters. The number of carbonyl (C=O) groups excluding carboxylic acids is 2. The number of non-ortho nitro benzene ring substituents is 2. The minimum Gasteiger partial charge on any atom is -0.545 e. The second kappa shape index (κ2) is 13.0. The second-order valence-electron chi connectivity index (χ2n) is 4.18. The average molecular weight is 436 g/mol. The minimum atomic E-state index is -1.34. The molecule has 2 aromatic rings. The summed E-state index contributed by atoms with van der Waals surface area (Å²) >= 11 is 0. The van der Waals surface area contributed by atoms with E-state index in [0.29, 0.717) is 0 Å². The van der Waals surface area contributed by atoms with Gasteiger partial charge in [-0.1, -0.05) is 0 Å². The SMILES string of the molecule is O=C([O-])c1ccc([N+](=O)[O-])cc1.O=C([O-])c1ccc([N+](=O)[O-])cc1.[OH3+].[OH3+].[Zn+2]. The van der Waals surface area contributed by atoms with Crippen LogP contribution in [0.3, 0.4) is 0 Å². The fourth-order valence-electron chi connectivity index (χ4n) is 1.44. The smallest absolute Gasteiger partial charge is 0.545 e. The van der Waals surface area contributed by atoms with Crippen molar-refractivity contribution < 1.29 is 60.1 Å². The molecular formula is C14H14N2O10Zn+2. The summed E-state index contributed by atoms with van der Waals surface area (Å²) in [5.74, 6) is -2.69. The van der Waals surface area contributed by atoms with Gasteiger partial charge in [-0.2, -0.15) is 0 Å². The van der Waals surface area contributed by atoms with Gasteiger partial charge in [-0.25, -0.2) is 0 Å². The number of nitro benzene ring substituents is 2. The van der Waals surface area contributed by atoms with Crippen LogP contribution in [0, 0.1) is 20.2 Å². The van der Waals surface area contributed by atoms with Crippen LogP contribution in [0.5, 0.6) is 0 Å². The summed E-state index contributed by atoms with van der Waals surface area (Å²) in [6.07, 6.45) is 0. The van der Waals surface area contributed by atoms with Gasteiger partial charge in [-0.3, -0.25) is 20.2 Å².